The zero-order valence-electron chi connectivity index (χ0n) is 6.85. The SMILES string of the molecule is C#CCCCCC(Br)C1CC1. The molecule has 1 aliphatic carbocycles. The molecule has 0 N–H and O–H groups in total. The number of alkyl halides is 1. The quantitative estimate of drug-likeness (QED) is 0.374. The highest BCUT2D eigenvalue weighted by Crippen LogP contribution is 2.38. The van der Waals surface area contributed by atoms with Crippen molar-refractivity contribution in [2.45, 2.75) is 43.4 Å². The highest BCUT2D eigenvalue weighted by molar-refractivity contribution is 9.09. The van der Waals surface area contributed by atoms with Gasteiger partial charge in [-0.3, -0.25) is 0 Å². The van der Waals surface area contributed by atoms with Crippen LogP contribution in [0.1, 0.15) is 38.5 Å². The number of terminal acetylenes is 1. The van der Waals surface area contributed by atoms with E-state index in [1.54, 1.807) is 0 Å². The predicted octanol–water partition coefficient (Wildman–Crippen LogP) is 3.35. The van der Waals surface area contributed by atoms with Crippen molar-refractivity contribution in [2.75, 3.05) is 0 Å². The summed E-state index contributed by atoms with van der Waals surface area (Å²) in [5.74, 6) is 3.66. The van der Waals surface area contributed by atoms with Gasteiger partial charge in [0.05, 0.1) is 0 Å². The maximum Gasteiger partial charge on any atom is 0.0174 e. The summed E-state index contributed by atoms with van der Waals surface area (Å²) in [6.45, 7) is 0. The fraction of sp³-hybridized carbons (Fsp3) is 0.800. The van der Waals surface area contributed by atoms with Crippen LogP contribution in [0, 0.1) is 18.3 Å². The number of hydrogen-bond acceptors (Lipinski definition) is 0. The van der Waals surface area contributed by atoms with E-state index in [0.29, 0.717) is 0 Å². The molecule has 1 atom stereocenters. The summed E-state index contributed by atoms with van der Waals surface area (Å²) in [6, 6.07) is 0. The molecule has 0 amide bonds. The standard InChI is InChI=1S/C10H15Br/c1-2-3-4-5-6-10(11)9-7-8-9/h1,9-10H,3-8H2. The molecule has 0 heterocycles. The Morgan fingerprint density at radius 2 is 2.18 bits per heavy atom. The molecular formula is C10H15Br. The van der Waals surface area contributed by atoms with E-state index < -0.39 is 0 Å². The summed E-state index contributed by atoms with van der Waals surface area (Å²) in [7, 11) is 0. The molecule has 1 saturated carbocycles. The normalized spacial score (nSPS) is 19.3. The lowest BCUT2D eigenvalue weighted by Gasteiger charge is -2.05. The minimum absolute atomic E-state index is 0.778. The van der Waals surface area contributed by atoms with Crippen LogP contribution in [0.2, 0.25) is 0 Å². The van der Waals surface area contributed by atoms with Crippen molar-refractivity contribution >= 4 is 15.9 Å². The molecule has 1 heteroatoms. The Hall–Kier alpha value is 0.0400. The Kier molecular flexibility index (Phi) is 4.01. The van der Waals surface area contributed by atoms with E-state index in [9.17, 15) is 0 Å². The zero-order chi connectivity index (χ0) is 8.10. The van der Waals surface area contributed by atoms with Gasteiger partial charge in [-0.05, 0) is 31.6 Å². The number of rotatable bonds is 5. The van der Waals surface area contributed by atoms with E-state index in [2.05, 4.69) is 21.9 Å². The first-order valence-corrected chi connectivity index (χ1v) is 5.33. The van der Waals surface area contributed by atoms with Crippen LogP contribution < -0.4 is 0 Å². The monoisotopic (exact) mass is 214 g/mol. The van der Waals surface area contributed by atoms with Gasteiger partial charge in [-0.2, -0.15) is 0 Å². The summed E-state index contributed by atoms with van der Waals surface area (Å²) in [5.41, 5.74) is 0. The van der Waals surface area contributed by atoms with Gasteiger partial charge in [-0.15, -0.1) is 12.3 Å². The second-order valence-electron chi connectivity index (χ2n) is 3.30. The third kappa shape index (κ3) is 3.82. The lowest BCUT2D eigenvalue weighted by Crippen LogP contribution is -1.99. The van der Waals surface area contributed by atoms with Gasteiger partial charge in [0.15, 0.2) is 0 Å². The molecule has 0 aromatic rings. The molecule has 11 heavy (non-hydrogen) atoms. The number of hydrogen-bond donors (Lipinski definition) is 0. The van der Waals surface area contributed by atoms with Crippen molar-refractivity contribution in [1.82, 2.24) is 0 Å². The second kappa shape index (κ2) is 4.83. The molecule has 0 saturated heterocycles. The average Bonchev–Trinajstić information content (AvgIpc) is 2.79. The summed E-state index contributed by atoms with van der Waals surface area (Å²) in [6.07, 6.45) is 12.8. The van der Waals surface area contributed by atoms with Crippen LogP contribution in [-0.2, 0) is 0 Å². The van der Waals surface area contributed by atoms with Crippen LogP contribution in [-0.4, -0.2) is 4.83 Å². The Labute approximate surface area is 77.9 Å². The lowest BCUT2D eigenvalue weighted by molar-refractivity contribution is 0.631. The molecule has 1 unspecified atom stereocenters. The fourth-order valence-electron chi connectivity index (χ4n) is 1.26. The summed E-state index contributed by atoms with van der Waals surface area (Å²) in [4.78, 5) is 0.778. The van der Waals surface area contributed by atoms with Crippen molar-refractivity contribution in [1.29, 1.82) is 0 Å². The van der Waals surface area contributed by atoms with E-state index in [0.717, 1.165) is 17.2 Å². The fourth-order valence-corrected chi connectivity index (χ4v) is 2.11. The van der Waals surface area contributed by atoms with Crippen LogP contribution >= 0.6 is 15.9 Å². The van der Waals surface area contributed by atoms with Crippen LogP contribution in [0.15, 0.2) is 0 Å². The number of halogens is 1. The molecule has 1 rings (SSSR count). The van der Waals surface area contributed by atoms with Crippen LogP contribution in [0.4, 0.5) is 0 Å². The molecule has 62 valence electrons. The Morgan fingerprint density at radius 1 is 1.45 bits per heavy atom. The molecule has 0 aromatic carbocycles. The molecule has 0 aromatic heterocycles. The third-order valence-corrected chi connectivity index (χ3v) is 3.39. The minimum Gasteiger partial charge on any atom is -0.120 e. The smallest absolute Gasteiger partial charge is 0.0174 e. The lowest BCUT2D eigenvalue weighted by atomic mass is 10.1. The van der Waals surface area contributed by atoms with Crippen molar-refractivity contribution in [2.24, 2.45) is 5.92 Å². The molecule has 0 radical (unpaired) electrons. The van der Waals surface area contributed by atoms with Crippen LogP contribution in [0.3, 0.4) is 0 Å². The second-order valence-corrected chi connectivity index (χ2v) is 4.48. The Bertz CT molecular complexity index is 141. The molecule has 1 aliphatic rings. The van der Waals surface area contributed by atoms with E-state index in [-0.39, 0.29) is 0 Å². The topological polar surface area (TPSA) is 0 Å². The van der Waals surface area contributed by atoms with E-state index in [4.69, 9.17) is 6.42 Å². The largest absolute Gasteiger partial charge is 0.120 e. The van der Waals surface area contributed by atoms with Crippen molar-refractivity contribution in [3.63, 3.8) is 0 Å². The Morgan fingerprint density at radius 3 is 2.73 bits per heavy atom. The van der Waals surface area contributed by atoms with Crippen molar-refractivity contribution in [3.8, 4) is 12.3 Å². The van der Waals surface area contributed by atoms with Gasteiger partial charge in [-0.25, -0.2) is 0 Å². The van der Waals surface area contributed by atoms with Crippen molar-refractivity contribution < 1.29 is 0 Å². The summed E-state index contributed by atoms with van der Waals surface area (Å²) >= 11 is 3.71. The highest BCUT2D eigenvalue weighted by Gasteiger charge is 2.28. The predicted molar refractivity (Wildman–Crippen MR) is 52.7 cm³/mol. The third-order valence-electron chi connectivity index (χ3n) is 2.18. The Balaban J connectivity index is 1.90. The molecular weight excluding hydrogens is 200 g/mol. The maximum atomic E-state index is 5.16. The van der Waals surface area contributed by atoms with Gasteiger partial charge in [0, 0.05) is 11.2 Å². The summed E-state index contributed by atoms with van der Waals surface area (Å²) < 4.78 is 0. The zero-order valence-corrected chi connectivity index (χ0v) is 8.44. The van der Waals surface area contributed by atoms with Gasteiger partial charge in [-0.1, -0.05) is 22.4 Å². The van der Waals surface area contributed by atoms with E-state index in [1.165, 1.54) is 32.1 Å². The molecule has 0 spiro atoms. The number of unbranched alkanes of at least 4 members (excludes halogenated alkanes) is 2. The molecule has 0 bridgehead atoms. The van der Waals surface area contributed by atoms with E-state index >= 15 is 0 Å². The summed E-state index contributed by atoms with van der Waals surface area (Å²) in [5, 5.41) is 0. The van der Waals surface area contributed by atoms with Gasteiger partial charge in [0.2, 0.25) is 0 Å². The minimum atomic E-state index is 0.778. The molecule has 1 fully saturated rings. The van der Waals surface area contributed by atoms with Gasteiger partial charge in [0.25, 0.3) is 0 Å². The average molecular weight is 215 g/mol. The maximum absolute atomic E-state index is 5.16. The van der Waals surface area contributed by atoms with Crippen molar-refractivity contribution in [3.05, 3.63) is 0 Å². The van der Waals surface area contributed by atoms with Gasteiger partial charge in [0.1, 0.15) is 0 Å². The van der Waals surface area contributed by atoms with E-state index in [1.807, 2.05) is 0 Å². The first-order valence-electron chi connectivity index (χ1n) is 4.42. The first-order chi connectivity index (χ1) is 5.34. The highest BCUT2D eigenvalue weighted by atomic mass is 79.9. The molecule has 0 nitrogen and oxygen atoms in total. The van der Waals surface area contributed by atoms with Crippen LogP contribution in [0.5, 0.6) is 0 Å². The molecule has 0 aliphatic heterocycles. The first kappa shape index (κ1) is 9.13. The van der Waals surface area contributed by atoms with Gasteiger partial charge >= 0.3 is 0 Å². The van der Waals surface area contributed by atoms with Gasteiger partial charge < -0.3 is 0 Å². The van der Waals surface area contributed by atoms with Crippen LogP contribution in [0.25, 0.3) is 0 Å².